The van der Waals surface area contributed by atoms with Crippen molar-refractivity contribution in [3.8, 4) is 5.75 Å². The van der Waals surface area contributed by atoms with Gasteiger partial charge < -0.3 is 4.74 Å². The molecule has 0 bridgehead atoms. The molecule has 0 heterocycles. The average molecular weight is 298 g/mol. The molecule has 1 atom stereocenters. The van der Waals surface area contributed by atoms with Crippen LogP contribution < -0.4 is 16.0 Å². The summed E-state index contributed by atoms with van der Waals surface area (Å²) in [7, 11) is 0. The van der Waals surface area contributed by atoms with Crippen LogP contribution in [0.2, 0.25) is 0 Å². The number of nitrogens with two attached hydrogens (primary N) is 1. The lowest BCUT2D eigenvalue weighted by molar-refractivity contribution is -0.0498. The molecular formula is C16H24F2N2O. The van der Waals surface area contributed by atoms with Crippen molar-refractivity contribution in [2.45, 2.75) is 57.6 Å². The van der Waals surface area contributed by atoms with Gasteiger partial charge in [-0.05, 0) is 50.3 Å². The molecule has 0 saturated heterocycles. The lowest BCUT2D eigenvalue weighted by Gasteiger charge is -2.33. The third kappa shape index (κ3) is 4.38. The first-order valence-electron chi connectivity index (χ1n) is 7.52. The van der Waals surface area contributed by atoms with Gasteiger partial charge in [-0.15, -0.1) is 0 Å². The van der Waals surface area contributed by atoms with Crippen molar-refractivity contribution in [1.29, 1.82) is 0 Å². The van der Waals surface area contributed by atoms with Crippen molar-refractivity contribution in [1.82, 2.24) is 5.43 Å². The molecule has 21 heavy (non-hydrogen) atoms. The van der Waals surface area contributed by atoms with Gasteiger partial charge in [-0.3, -0.25) is 11.3 Å². The van der Waals surface area contributed by atoms with Crippen LogP contribution >= 0.6 is 0 Å². The molecule has 118 valence electrons. The Morgan fingerprint density at radius 1 is 1.29 bits per heavy atom. The number of hydrazine groups is 1. The standard InChI is InChI=1S/C16H24F2N2O/c1-11(2)21-14-5-3-4-13(10-14)15(20-19)12-6-8-16(17,18)9-7-12/h3-5,10-12,15,20H,6-9,19H2,1-2H3. The monoisotopic (exact) mass is 298 g/mol. The lowest BCUT2D eigenvalue weighted by Crippen LogP contribution is -2.37. The van der Waals surface area contributed by atoms with Gasteiger partial charge in [-0.25, -0.2) is 8.78 Å². The summed E-state index contributed by atoms with van der Waals surface area (Å²) >= 11 is 0. The molecule has 1 aliphatic rings. The molecule has 1 fully saturated rings. The molecule has 2 rings (SSSR count). The number of rotatable bonds is 5. The number of benzene rings is 1. The molecule has 0 aliphatic heterocycles. The summed E-state index contributed by atoms with van der Waals surface area (Å²) in [5.74, 6) is 4.07. The number of ether oxygens (including phenoxy) is 1. The minimum Gasteiger partial charge on any atom is -0.491 e. The maximum Gasteiger partial charge on any atom is 0.248 e. The van der Waals surface area contributed by atoms with Gasteiger partial charge in [0.25, 0.3) is 0 Å². The first kappa shape index (κ1) is 16.2. The van der Waals surface area contributed by atoms with Gasteiger partial charge in [0.1, 0.15) is 5.75 Å². The highest BCUT2D eigenvalue weighted by Gasteiger charge is 2.37. The summed E-state index contributed by atoms with van der Waals surface area (Å²) in [6.45, 7) is 3.93. The average Bonchev–Trinajstić information content (AvgIpc) is 2.41. The van der Waals surface area contributed by atoms with E-state index in [0.717, 1.165) is 11.3 Å². The highest BCUT2D eigenvalue weighted by atomic mass is 19.3. The van der Waals surface area contributed by atoms with Crippen molar-refractivity contribution >= 4 is 0 Å². The van der Waals surface area contributed by atoms with Crippen molar-refractivity contribution < 1.29 is 13.5 Å². The van der Waals surface area contributed by atoms with E-state index in [1.54, 1.807) is 0 Å². The second-order valence-corrected chi connectivity index (χ2v) is 6.08. The summed E-state index contributed by atoms with van der Waals surface area (Å²) in [6, 6.07) is 7.60. The van der Waals surface area contributed by atoms with Crippen LogP contribution in [0.5, 0.6) is 5.75 Å². The Kier molecular flexibility index (Phi) is 5.17. The Hall–Kier alpha value is -1.20. The highest BCUT2D eigenvalue weighted by Crippen LogP contribution is 2.41. The van der Waals surface area contributed by atoms with Gasteiger partial charge in [0.2, 0.25) is 5.92 Å². The zero-order valence-corrected chi connectivity index (χ0v) is 12.6. The largest absolute Gasteiger partial charge is 0.491 e. The van der Waals surface area contributed by atoms with Crippen LogP contribution in [-0.2, 0) is 0 Å². The number of halogens is 2. The van der Waals surface area contributed by atoms with E-state index >= 15 is 0 Å². The number of alkyl halides is 2. The van der Waals surface area contributed by atoms with Crippen LogP contribution in [-0.4, -0.2) is 12.0 Å². The van der Waals surface area contributed by atoms with Crippen LogP contribution in [0.1, 0.15) is 51.1 Å². The van der Waals surface area contributed by atoms with Crippen LogP contribution in [0.4, 0.5) is 8.78 Å². The van der Waals surface area contributed by atoms with Crippen molar-refractivity contribution in [2.75, 3.05) is 0 Å². The Bertz CT molecular complexity index is 455. The maximum absolute atomic E-state index is 13.3. The summed E-state index contributed by atoms with van der Waals surface area (Å²) in [5, 5.41) is 0. The molecule has 3 nitrogen and oxygen atoms in total. The predicted octanol–water partition coefficient (Wildman–Crippen LogP) is 3.80. The summed E-state index contributed by atoms with van der Waals surface area (Å²) in [4.78, 5) is 0. The molecule has 3 N–H and O–H groups in total. The molecule has 0 amide bonds. The van der Waals surface area contributed by atoms with Crippen molar-refractivity contribution in [3.05, 3.63) is 29.8 Å². The normalized spacial score (nSPS) is 20.5. The van der Waals surface area contributed by atoms with Gasteiger partial charge >= 0.3 is 0 Å². The quantitative estimate of drug-likeness (QED) is 0.642. The number of nitrogens with one attached hydrogen (secondary N) is 1. The van der Waals surface area contributed by atoms with E-state index in [0.29, 0.717) is 12.8 Å². The fraction of sp³-hybridized carbons (Fsp3) is 0.625. The molecule has 0 spiro atoms. The van der Waals surface area contributed by atoms with Gasteiger partial charge in [0.05, 0.1) is 6.10 Å². The Balaban J connectivity index is 2.10. The molecule has 1 aromatic rings. The van der Waals surface area contributed by atoms with Gasteiger partial charge in [-0.1, -0.05) is 12.1 Å². The predicted molar refractivity (Wildman–Crippen MR) is 79.2 cm³/mol. The number of hydrogen-bond acceptors (Lipinski definition) is 3. The Morgan fingerprint density at radius 2 is 1.95 bits per heavy atom. The van der Waals surface area contributed by atoms with E-state index in [1.807, 2.05) is 38.1 Å². The third-order valence-corrected chi connectivity index (χ3v) is 4.00. The summed E-state index contributed by atoms with van der Waals surface area (Å²) in [5.41, 5.74) is 3.79. The SMILES string of the molecule is CC(C)Oc1cccc(C(NN)C2CCC(F)(F)CC2)c1. The topological polar surface area (TPSA) is 47.3 Å². The van der Waals surface area contributed by atoms with Crippen LogP contribution in [0.3, 0.4) is 0 Å². The van der Waals surface area contributed by atoms with E-state index in [-0.39, 0.29) is 30.9 Å². The summed E-state index contributed by atoms with van der Waals surface area (Å²) in [6.07, 6.45) is 0.947. The minimum absolute atomic E-state index is 0.0575. The minimum atomic E-state index is -2.52. The third-order valence-electron chi connectivity index (χ3n) is 4.00. The molecule has 5 heteroatoms. The second kappa shape index (κ2) is 6.71. The first-order valence-corrected chi connectivity index (χ1v) is 7.52. The molecule has 1 unspecified atom stereocenters. The van der Waals surface area contributed by atoms with Crippen LogP contribution in [0, 0.1) is 5.92 Å². The van der Waals surface area contributed by atoms with Crippen molar-refractivity contribution in [2.24, 2.45) is 11.8 Å². The van der Waals surface area contributed by atoms with Crippen LogP contribution in [0.15, 0.2) is 24.3 Å². The molecule has 0 radical (unpaired) electrons. The van der Waals surface area contributed by atoms with Gasteiger partial charge in [0.15, 0.2) is 0 Å². The Morgan fingerprint density at radius 3 is 2.52 bits per heavy atom. The fourth-order valence-electron chi connectivity index (χ4n) is 2.95. The summed E-state index contributed by atoms with van der Waals surface area (Å²) < 4.78 is 32.2. The highest BCUT2D eigenvalue weighted by molar-refractivity contribution is 5.31. The smallest absolute Gasteiger partial charge is 0.248 e. The second-order valence-electron chi connectivity index (χ2n) is 6.08. The zero-order valence-electron chi connectivity index (χ0n) is 12.6. The van der Waals surface area contributed by atoms with Gasteiger partial charge in [-0.2, -0.15) is 0 Å². The Labute approximate surface area is 124 Å². The van der Waals surface area contributed by atoms with E-state index < -0.39 is 5.92 Å². The van der Waals surface area contributed by atoms with E-state index in [9.17, 15) is 8.78 Å². The van der Waals surface area contributed by atoms with E-state index in [4.69, 9.17) is 10.6 Å². The maximum atomic E-state index is 13.3. The van der Waals surface area contributed by atoms with E-state index in [1.165, 1.54) is 0 Å². The zero-order chi connectivity index (χ0) is 15.5. The van der Waals surface area contributed by atoms with Gasteiger partial charge in [0, 0.05) is 18.9 Å². The first-order chi connectivity index (χ1) is 9.91. The van der Waals surface area contributed by atoms with Crippen molar-refractivity contribution in [3.63, 3.8) is 0 Å². The number of hydrogen-bond donors (Lipinski definition) is 2. The molecule has 0 aromatic heterocycles. The molecule has 1 saturated carbocycles. The molecular weight excluding hydrogens is 274 g/mol. The lowest BCUT2D eigenvalue weighted by atomic mass is 9.80. The fourth-order valence-corrected chi connectivity index (χ4v) is 2.95. The van der Waals surface area contributed by atoms with E-state index in [2.05, 4.69) is 5.43 Å². The molecule has 1 aliphatic carbocycles. The molecule has 1 aromatic carbocycles. The van der Waals surface area contributed by atoms with Crippen LogP contribution in [0.25, 0.3) is 0 Å².